The first kappa shape index (κ1) is 19.5. The van der Waals surface area contributed by atoms with Gasteiger partial charge in [-0.1, -0.05) is 6.07 Å². The van der Waals surface area contributed by atoms with E-state index in [-0.39, 0.29) is 18.3 Å². The van der Waals surface area contributed by atoms with E-state index in [1.54, 1.807) is 41.5 Å². The van der Waals surface area contributed by atoms with Crippen molar-refractivity contribution in [1.29, 1.82) is 0 Å². The van der Waals surface area contributed by atoms with Crippen LogP contribution in [0.3, 0.4) is 0 Å². The third-order valence-corrected chi connectivity index (χ3v) is 4.60. The molecule has 1 aromatic carbocycles. The first-order valence-corrected chi connectivity index (χ1v) is 9.59. The summed E-state index contributed by atoms with van der Waals surface area (Å²) < 4.78 is 16.7. The Labute approximate surface area is 173 Å². The van der Waals surface area contributed by atoms with Crippen molar-refractivity contribution >= 4 is 5.91 Å². The van der Waals surface area contributed by atoms with E-state index in [4.69, 9.17) is 0 Å². The normalized spacial score (nSPS) is 10.9. The third-order valence-electron chi connectivity index (χ3n) is 4.60. The highest BCUT2D eigenvalue weighted by atomic mass is 19.1. The van der Waals surface area contributed by atoms with Crippen molar-refractivity contribution in [3.8, 4) is 22.6 Å². The Morgan fingerprint density at radius 1 is 1.13 bits per heavy atom. The number of hydrogen-bond donors (Lipinski definition) is 1. The van der Waals surface area contributed by atoms with Crippen LogP contribution >= 0.6 is 0 Å². The van der Waals surface area contributed by atoms with Crippen LogP contribution in [0.5, 0.6) is 0 Å². The molecule has 0 saturated heterocycles. The Morgan fingerprint density at radius 3 is 2.67 bits per heavy atom. The van der Waals surface area contributed by atoms with Gasteiger partial charge in [0.25, 0.3) is 0 Å². The minimum absolute atomic E-state index is 0.125. The second-order valence-corrected chi connectivity index (χ2v) is 6.92. The maximum atomic E-state index is 13.3. The summed E-state index contributed by atoms with van der Waals surface area (Å²) in [6.07, 6.45) is 5.17. The Balaban J connectivity index is 1.53. The fourth-order valence-electron chi connectivity index (χ4n) is 3.07. The molecule has 1 amide bonds. The molecule has 30 heavy (non-hydrogen) atoms. The quantitative estimate of drug-likeness (QED) is 0.514. The summed E-state index contributed by atoms with van der Waals surface area (Å²) in [5, 5.41) is 11.6. The largest absolute Gasteiger partial charge is 0.353 e. The van der Waals surface area contributed by atoms with Crippen molar-refractivity contribution in [2.75, 3.05) is 6.54 Å². The molecule has 7 nitrogen and oxygen atoms in total. The van der Waals surface area contributed by atoms with E-state index in [2.05, 4.69) is 20.5 Å². The van der Waals surface area contributed by atoms with E-state index >= 15 is 0 Å². The average molecular weight is 404 g/mol. The van der Waals surface area contributed by atoms with E-state index in [9.17, 15) is 9.18 Å². The van der Waals surface area contributed by atoms with Crippen molar-refractivity contribution in [3.05, 3.63) is 78.5 Å². The second kappa shape index (κ2) is 8.69. The topological polar surface area (TPSA) is 77.6 Å². The lowest BCUT2D eigenvalue weighted by atomic mass is 10.1. The van der Waals surface area contributed by atoms with Crippen LogP contribution < -0.4 is 5.32 Å². The molecule has 0 saturated carbocycles. The second-order valence-electron chi connectivity index (χ2n) is 6.92. The zero-order chi connectivity index (χ0) is 20.9. The fourth-order valence-corrected chi connectivity index (χ4v) is 3.07. The maximum Gasteiger partial charge on any atom is 0.241 e. The summed E-state index contributed by atoms with van der Waals surface area (Å²) in [4.78, 5) is 16.6. The summed E-state index contributed by atoms with van der Waals surface area (Å²) in [5.41, 5.74) is 4.20. The van der Waals surface area contributed by atoms with Gasteiger partial charge in [0.05, 0.1) is 23.6 Å². The minimum atomic E-state index is -0.293. The predicted molar refractivity (Wildman–Crippen MR) is 111 cm³/mol. The number of aromatic nitrogens is 5. The molecule has 0 unspecified atom stereocenters. The molecule has 152 valence electrons. The third kappa shape index (κ3) is 4.60. The zero-order valence-electron chi connectivity index (χ0n) is 16.5. The standard InChI is InChI=1S/C22H21FN6O/c1-16-3-8-19(25-14-16)21-13-20(17-4-6-18(23)7-5-17)27-29(21)12-10-24-22(30)15-28-11-2-9-26-28/h2-9,11,13-14H,10,12,15H2,1H3,(H,24,30). The smallest absolute Gasteiger partial charge is 0.241 e. The van der Waals surface area contributed by atoms with Gasteiger partial charge < -0.3 is 5.32 Å². The Bertz CT molecular complexity index is 1120. The summed E-state index contributed by atoms with van der Waals surface area (Å²) in [6, 6.07) is 13.8. The zero-order valence-corrected chi connectivity index (χ0v) is 16.5. The van der Waals surface area contributed by atoms with E-state index in [0.29, 0.717) is 13.1 Å². The lowest BCUT2D eigenvalue weighted by Gasteiger charge is -2.09. The Morgan fingerprint density at radius 2 is 1.97 bits per heavy atom. The number of carbonyl (C=O) groups is 1. The minimum Gasteiger partial charge on any atom is -0.353 e. The molecule has 3 aromatic heterocycles. The van der Waals surface area contributed by atoms with E-state index in [1.165, 1.54) is 12.1 Å². The number of pyridine rings is 1. The number of halogens is 1. The van der Waals surface area contributed by atoms with Gasteiger partial charge in [-0.05, 0) is 55.0 Å². The molecule has 3 heterocycles. The first-order chi connectivity index (χ1) is 14.6. The molecular formula is C22H21FN6O. The molecule has 4 rings (SSSR count). The molecule has 0 radical (unpaired) electrons. The molecule has 0 spiro atoms. The van der Waals surface area contributed by atoms with Gasteiger partial charge in [0.1, 0.15) is 12.4 Å². The highest BCUT2D eigenvalue weighted by Gasteiger charge is 2.13. The summed E-state index contributed by atoms with van der Waals surface area (Å²) in [7, 11) is 0. The molecule has 0 aliphatic heterocycles. The molecule has 0 aliphatic rings. The lowest BCUT2D eigenvalue weighted by molar-refractivity contribution is -0.121. The van der Waals surface area contributed by atoms with Crippen LogP contribution in [0.4, 0.5) is 4.39 Å². The summed E-state index contributed by atoms with van der Waals surface area (Å²) >= 11 is 0. The van der Waals surface area contributed by atoms with Gasteiger partial charge in [0.15, 0.2) is 0 Å². The van der Waals surface area contributed by atoms with Crippen LogP contribution in [-0.4, -0.2) is 37.0 Å². The molecule has 0 bridgehead atoms. The number of amides is 1. The average Bonchev–Trinajstić information content (AvgIpc) is 3.39. The van der Waals surface area contributed by atoms with Crippen LogP contribution in [0.2, 0.25) is 0 Å². The van der Waals surface area contributed by atoms with E-state index < -0.39 is 0 Å². The number of benzene rings is 1. The maximum absolute atomic E-state index is 13.3. The molecular weight excluding hydrogens is 383 g/mol. The fraction of sp³-hybridized carbons (Fsp3) is 0.182. The van der Waals surface area contributed by atoms with Gasteiger partial charge in [0, 0.05) is 30.7 Å². The number of nitrogens with zero attached hydrogens (tertiary/aromatic N) is 5. The van der Waals surface area contributed by atoms with Crippen molar-refractivity contribution < 1.29 is 9.18 Å². The van der Waals surface area contributed by atoms with Crippen LogP contribution in [0.15, 0.2) is 67.1 Å². The molecule has 8 heteroatoms. The van der Waals surface area contributed by atoms with Gasteiger partial charge >= 0.3 is 0 Å². The summed E-state index contributed by atoms with van der Waals surface area (Å²) in [6.45, 7) is 3.02. The molecule has 0 aliphatic carbocycles. The van der Waals surface area contributed by atoms with Crippen LogP contribution in [0.25, 0.3) is 22.6 Å². The van der Waals surface area contributed by atoms with Gasteiger partial charge in [0.2, 0.25) is 5.91 Å². The monoisotopic (exact) mass is 404 g/mol. The SMILES string of the molecule is Cc1ccc(-c2cc(-c3ccc(F)cc3)nn2CCNC(=O)Cn2cccn2)nc1. The van der Waals surface area contributed by atoms with E-state index in [0.717, 1.165) is 28.2 Å². The predicted octanol–water partition coefficient (Wildman–Crippen LogP) is 3.07. The van der Waals surface area contributed by atoms with Crippen LogP contribution in [0.1, 0.15) is 5.56 Å². The Hall–Kier alpha value is -3.81. The molecule has 0 fully saturated rings. The molecule has 0 atom stereocenters. The number of hydrogen-bond acceptors (Lipinski definition) is 4. The number of aryl methyl sites for hydroxylation is 1. The van der Waals surface area contributed by atoms with Gasteiger partial charge in [-0.25, -0.2) is 4.39 Å². The van der Waals surface area contributed by atoms with Crippen LogP contribution in [-0.2, 0) is 17.9 Å². The highest BCUT2D eigenvalue weighted by molar-refractivity contribution is 5.75. The van der Waals surface area contributed by atoms with Gasteiger partial charge in [-0.15, -0.1) is 0 Å². The summed E-state index contributed by atoms with van der Waals surface area (Å²) in [5.74, 6) is -0.418. The lowest BCUT2D eigenvalue weighted by Crippen LogP contribution is -2.31. The molecule has 4 aromatic rings. The van der Waals surface area contributed by atoms with Crippen molar-refractivity contribution in [1.82, 2.24) is 29.9 Å². The van der Waals surface area contributed by atoms with Crippen molar-refractivity contribution in [2.45, 2.75) is 20.0 Å². The van der Waals surface area contributed by atoms with Gasteiger partial charge in [-0.3, -0.25) is 19.1 Å². The molecule has 1 N–H and O–H groups in total. The first-order valence-electron chi connectivity index (χ1n) is 9.59. The highest BCUT2D eigenvalue weighted by Crippen LogP contribution is 2.25. The van der Waals surface area contributed by atoms with Crippen molar-refractivity contribution in [3.63, 3.8) is 0 Å². The Kier molecular flexibility index (Phi) is 5.65. The van der Waals surface area contributed by atoms with Crippen molar-refractivity contribution in [2.24, 2.45) is 0 Å². The van der Waals surface area contributed by atoms with Crippen LogP contribution in [0, 0.1) is 12.7 Å². The van der Waals surface area contributed by atoms with Gasteiger partial charge in [-0.2, -0.15) is 10.2 Å². The number of carbonyl (C=O) groups excluding carboxylic acids is 1. The number of rotatable bonds is 7. The van der Waals surface area contributed by atoms with E-state index in [1.807, 2.05) is 29.8 Å². The number of nitrogens with one attached hydrogen (secondary N) is 1.